The molecule has 3 aliphatic heterocycles. The van der Waals surface area contributed by atoms with E-state index in [9.17, 15) is 15.0 Å². The summed E-state index contributed by atoms with van der Waals surface area (Å²) < 4.78 is 6.15. The van der Waals surface area contributed by atoms with Gasteiger partial charge in [-0.3, -0.25) is 4.79 Å². The Hall–Kier alpha value is -1.63. The van der Waals surface area contributed by atoms with Crippen molar-refractivity contribution in [1.29, 1.82) is 0 Å². The Morgan fingerprint density at radius 1 is 1.11 bits per heavy atom. The molecule has 154 valence electrons. The van der Waals surface area contributed by atoms with Crippen molar-refractivity contribution in [2.45, 2.75) is 50.7 Å². The molecule has 0 radical (unpaired) electrons. The van der Waals surface area contributed by atoms with Gasteiger partial charge in [-0.2, -0.15) is 0 Å². The molecule has 1 spiro atoms. The van der Waals surface area contributed by atoms with Crippen LogP contribution in [0.4, 0.5) is 0 Å². The number of ether oxygens (including phenoxy) is 1. The van der Waals surface area contributed by atoms with Crippen LogP contribution in [0.5, 0.6) is 5.75 Å². The first-order valence-electron chi connectivity index (χ1n) is 10.6. The number of aliphatic hydroxyl groups excluding tert-OH is 1. The molecule has 1 atom stereocenters. The highest BCUT2D eigenvalue weighted by Gasteiger charge is 2.43. The van der Waals surface area contributed by atoms with Crippen LogP contribution in [0, 0.1) is 5.41 Å². The summed E-state index contributed by atoms with van der Waals surface area (Å²) >= 11 is 0. The molecular formula is C22H32N2O4. The summed E-state index contributed by atoms with van der Waals surface area (Å²) in [7, 11) is 0. The van der Waals surface area contributed by atoms with Crippen LogP contribution >= 0.6 is 0 Å². The van der Waals surface area contributed by atoms with Crippen molar-refractivity contribution in [3.63, 3.8) is 0 Å². The number of phenolic OH excluding ortho intramolecular Hbond substituents is 1. The van der Waals surface area contributed by atoms with Gasteiger partial charge in [-0.1, -0.05) is 12.1 Å². The number of piperidine rings is 2. The van der Waals surface area contributed by atoms with Crippen molar-refractivity contribution < 1.29 is 19.7 Å². The molecule has 4 rings (SSSR count). The van der Waals surface area contributed by atoms with Crippen LogP contribution in [0.15, 0.2) is 24.3 Å². The molecule has 1 amide bonds. The first-order chi connectivity index (χ1) is 13.5. The van der Waals surface area contributed by atoms with Crippen LogP contribution in [0.25, 0.3) is 0 Å². The lowest BCUT2D eigenvalue weighted by atomic mass is 9.76. The van der Waals surface area contributed by atoms with Crippen LogP contribution in [-0.4, -0.2) is 77.5 Å². The molecule has 3 aliphatic rings. The summed E-state index contributed by atoms with van der Waals surface area (Å²) in [5.41, 5.74) is 1.17. The minimum Gasteiger partial charge on any atom is -0.508 e. The van der Waals surface area contributed by atoms with E-state index >= 15 is 0 Å². The van der Waals surface area contributed by atoms with E-state index in [-0.39, 0.29) is 29.3 Å². The topological polar surface area (TPSA) is 73.2 Å². The van der Waals surface area contributed by atoms with Crippen molar-refractivity contribution in [3.8, 4) is 5.75 Å². The Labute approximate surface area is 167 Å². The Morgan fingerprint density at radius 2 is 1.79 bits per heavy atom. The molecular weight excluding hydrogens is 356 g/mol. The number of rotatable bonds is 4. The minimum atomic E-state index is -0.129. The average molecular weight is 389 g/mol. The fourth-order valence-corrected chi connectivity index (χ4v) is 4.88. The van der Waals surface area contributed by atoms with E-state index in [0.29, 0.717) is 6.42 Å². The molecule has 6 nitrogen and oxygen atoms in total. The third-order valence-corrected chi connectivity index (χ3v) is 6.77. The van der Waals surface area contributed by atoms with E-state index in [2.05, 4.69) is 4.90 Å². The maximum Gasteiger partial charge on any atom is 0.226 e. The van der Waals surface area contributed by atoms with Crippen LogP contribution in [0.2, 0.25) is 0 Å². The normalized spacial score (nSPS) is 26.0. The van der Waals surface area contributed by atoms with E-state index < -0.39 is 0 Å². The maximum absolute atomic E-state index is 12.6. The zero-order chi connectivity index (χ0) is 19.6. The van der Waals surface area contributed by atoms with Gasteiger partial charge < -0.3 is 24.7 Å². The number of aromatic hydroxyl groups is 1. The van der Waals surface area contributed by atoms with E-state index in [0.717, 1.165) is 77.0 Å². The molecule has 6 heteroatoms. The van der Waals surface area contributed by atoms with Gasteiger partial charge in [0.2, 0.25) is 5.91 Å². The quantitative estimate of drug-likeness (QED) is 0.823. The summed E-state index contributed by atoms with van der Waals surface area (Å²) in [6.45, 7) is 5.33. The largest absolute Gasteiger partial charge is 0.508 e. The molecule has 3 fully saturated rings. The highest BCUT2D eigenvalue weighted by atomic mass is 16.5. The van der Waals surface area contributed by atoms with Gasteiger partial charge in [-0.15, -0.1) is 0 Å². The van der Waals surface area contributed by atoms with Crippen molar-refractivity contribution in [2.75, 3.05) is 39.3 Å². The molecule has 1 aromatic carbocycles. The van der Waals surface area contributed by atoms with E-state index in [1.807, 2.05) is 17.0 Å². The van der Waals surface area contributed by atoms with Gasteiger partial charge in [0.05, 0.1) is 25.2 Å². The molecule has 1 aromatic rings. The molecule has 0 saturated carbocycles. The van der Waals surface area contributed by atoms with E-state index in [4.69, 9.17) is 4.74 Å². The third kappa shape index (κ3) is 4.67. The summed E-state index contributed by atoms with van der Waals surface area (Å²) in [4.78, 5) is 17.0. The molecule has 3 heterocycles. The minimum absolute atomic E-state index is 0.129. The fraction of sp³-hybridized carbons (Fsp3) is 0.682. The van der Waals surface area contributed by atoms with E-state index in [1.54, 1.807) is 12.1 Å². The lowest BCUT2D eigenvalue weighted by Gasteiger charge is -2.38. The molecule has 0 aliphatic carbocycles. The smallest absolute Gasteiger partial charge is 0.226 e. The second-order valence-electron chi connectivity index (χ2n) is 8.89. The lowest BCUT2D eigenvalue weighted by Crippen LogP contribution is -2.44. The molecule has 0 unspecified atom stereocenters. The van der Waals surface area contributed by atoms with Gasteiger partial charge in [-0.05, 0) is 55.2 Å². The zero-order valence-corrected chi connectivity index (χ0v) is 16.6. The van der Waals surface area contributed by atoms with E-state index in [1.165, 1.54) is 0 Å². The van der Waals surface area contributed by atoms with Gasteiger partial charge in [0, 0.05) is 32.7 Å². The number of carbonyl (C=O) groups excluding carboxylic acids is 1. The number of hydrogen-bond acceptors (Lipinski definition) is 5. The number of carbonyl (C=O) groups is 1. The number of phenols is 1. The predicted octanol–water partition coefficient (Wildman–Crippen LogP) is 1.79. The van der Waals surface area contributed by atoms with Gasteiger partial charge in [-0.25, -0.2) is 0 Å². The average Bonchev–Trinajstić information content (AvgIpc) is 3.08. The Morgan fingerprint density at radius 3 is 2.46 bits per heavy atom. The standard InChI is InChI=1S/C22H32N2O4/c25-18-3-1-17(2-4-18)13-21(27)24-11-7-22(8-12-24)14-20(28-16-22)15-23-9-5-19(26)6-10-23/h1-4,19-20,25-26H,5-16H2/t20-/m1/s1. The number of nitrogens with zero attached hydrogens (tertiary/aromatic N) is 2. The Balaban J connectivity index is 1.23. The van der Waals surface area contributed by atoms with Gasteiger partial charge >= 0.3 is 0 Å². The molecule has 3 saturated heterocycles. The number of hydrogen-bond donors (Lipinski definition) is 2. The Bertz CT molecular complexity index is 662. The van der Waals surface area contributed by atoms with Crippen LogP contribution in [0.1, 0.15) is 37.7 Å². The van der Waals surface area contributed by atoms with Crippen LogP contribution in [0.3, 0.4) is 0 Å². The van der Waals surface area contributed by atoms with Crippen molar-refractivity contribution in [3.05, 3.63) is 29.8 Å². The van der Waals surface area contributed by atoms with Crippen molar-refractivity contribution >= 4 is 5.91 Å². The first-order valence-corrected chi connectivity index (χ1v) is 10.6. The SMILES string of the molecule is O=C(Cc1ccc(O)cc1)N1CCC2(CC1)CO[C@@H](CN1CCC(O)CC1)C2. The van der Waals surface area contributed by atoms with Crippen LogP contribution < -0.4 is 0 Å². The highest BCUT2D eigenvalue weighted by Crippen LogP contribution is 2.42. The van der Waals surface area contributed by atoms with Gasteiger partial charge in [0.25, 0.3) is 0 Å². The summed E-state index contributed by atoms with van der Waals surface area (Å²) in [5.74, 6) is 0.399. The number of aliphatic hydroxyl groups is 1. The zero-order valence-electron chi connectivity index (χ0n) is 16.6. The lowest BCUT2D eigenvalue weighted by molar-refractivity contribution is -0.132. The highest BCUT2D eigenvalue weighted by molar-refractivity contribution is 5.78. The molecule has 0 bridgehead atoms. The monoisotopic (exact) mass is 388 g/mol. The first kappa shape index (κ1) is 19.7. The second kappa shape index (κ2) is 8.39. The van der Waals surface area contributed by atoms with Crippen molar-refractivity contribution in [1.82, 2.24) is 9.80 Å². The number of benzene rings is 1. The summed E-state index contributed by atoms with van der Waals surface area (Å²) in [5, 5.41) is 19.0. The fourth-order valence-electron chi connectivity index (χ4n) is 4.88. The predicted molar refractivity (Wildman–Crippen MR) is 106 cm³/mol. The second-order valence-corrected chi connectivity index (χ2v) is 8.89. The van der Waals surface area contributed by atoms with Gasteiger partial charge in [0.1, 0.15) is 5.75 Å². The summed E-state index contributed by atoms with van der Waals surface area (Å²) in [6.07, 6.45) is 5.42. The Kier molecular flexibility index (Phi) is 5.90. The van der Waals surface area contributed by atoms with Gasteiger partial charge in [0.15, 0.2) is 0 Å². The molecule has 2 N–H and O–H groups in total. The number of amides is 1. The number of likely N-dealkylation sites (tertiary alicyclic amines) is 2. The summed E-state index contributed by atoms with van der Waals surface area (Å²) in [6, 6.07) is 6.89. The third-order valence-electron chi connectivity index (χ3n) is 6.77. The maximum atomic E-state index is 12.6. The molecule has 0 aromatic heterocycles. The van der Waals surface area contributed by atoms with Crippen molar-refractivity contribution in [2.24, 2.45) is 5.41 Å². The molecule has 28 heavy (non-hydrogen) atoms. The van der Waals surface area contributed by atoms with Crippen LogP contribution in [-0.2, 0) is 16.0 Å².